The number of rotatable bonds is 6. The van der Waals surface area contributed by atoms with Gasteiger partial charge in [-0.3, -0.25) is 0 Å². The summed E-state index contributed by atoms with van der Waals surface area (Å²) in [5.74, 6) is 1.47. The number of hydrogen-bond donors (Lipinski definition) is 0. The number of imidazole rings is 1. The van der Waals surface area contributed by atoms with E-state index in [-0.39, 0.29) is 6.10 Å². The highest BCUT2D eigenvalue weighted by Crippen LogP contribution is 2.42. The van der Waals surface area contributed by atoms with Gasteiger partial charge in [0.2, 0.25) is 0 Å². The van der Waals surface area contributed by atoms with Crippen LogP contribution < -0.4 is 9.47 Å². The second-order valence-corrected chi connectivity index (χ2v) is 6.57. The summed E-state index contributed by atoms with van der Waals surface area (Å²) < 4.78 is 24.9. The molecule has 0 saturated carbocycles. The van der Waals surface area contributed by atoms with E-state index in [2.05, 4.69) is 16.7 Å². The normalized spacial score (nSPS) is 16.7. The summed E-state index contributed by atoms with van der Waals surface area (Å²) in [7, 11) is 3.33. The summed E-state index contributed by atoms with van der Waals surface area (Å²) in [5.41, 5.74) is 3.72. The van der Waals surface area contributed by atoms with Gasteiger partial charge in [-0.2, -0.15) is 0 Å². The predicted octanol–water partition coefficient (Wildman–Crippen LogP) is 3.65. The Bertz CT molecular complexity index is 895. The molecule has 1 unspecified atom stereocenters. The van der Waals surface area contributed by atoms with Gasteiger partial charge >= 0.3 is 0 Å². The maximum Gasteiger partial charge on any atom is 0.132 e. The maximum atomic E-state index is 5.86. The van der Waals surface area contributed by atoms with E-state index in [1.165, 1.54) is 0 Å². The van der Waals surface area contributed by atoms with E-state index in [9.17, 15) is 0 Å². The van der Waals surface area contributed by atoms with E-state index in [1.54, 1.807) is 14.2 Å². The minimum atomic E-state index is -0.0222. The minimum Gasteiger partial charge on any atom is -0.496 e. The van der Waals surface area contributed by atoms with Crippen molar-refractivity contribution < 1.29 is 18.9 Å². The molecular weight excluding hydrogens is 356 g/mol. The Balaban J connectivity index is 1.87. The first-order chi connectivity index (χ1) is 13.8. The molecule has 6 heteroatoms. The first-order valence-electron chi connectivity index (χ1n) is 9.33. The molecule has 0 spiro atoms. The van der Waals surface area contributed by atoms with Crippen molar-refractivity contribution in [2.24, 2.45) is 0 Å². The van der Waals surface area contributed by atoms with Crippen LogP contribution in [0.25, 0.3) is 22.5 Å². The van der Waals surface area contributed by atoms with Gasteiger partial charge in [0.15, 0.2) is 0 Å². The third-order valence-corrected chi connectivity index (χ3v) is 4.83. The fourth-order valence-corrected chi connectivity index (χ4v) is 3.54. The van der Waals surface area contributed by atoms with Gasteiger partial charge in [-0.15, -0.1) is 0 Å². The quantitative estimate of drug-likeness (QED) is 0.653. The zero-order chi connectivity index (χ0) is 19.3. The van der Waals surface area contributed by atoms with E-state index in [0.29, 0.717) is 26.4 Å². The predicted molar refractivity (Wildman–Crippen MR) is 107 cm³/mol. The van der Waals surface area contributed by atoms with E-state index < -0.39 is 0 Å². The van der Waals surface area contributed by atoms with Gasteiger partial charge in [0.25, 0.3) is 0 Å². The number of ether oxygens (including phenoxy) is 4. The average Bonchev–Trinajstić information content (AvgIpc) is 3.17. The second kappa shape index (κ2) is 8.46. The molecule has 2 heterocycles. The Hall–Kier alpha value is -2.83. The molecule has 1 saturated heterocycles. The zero-order valence-corrected chi connectivity index (χ0v) is 16.1. The lowest BCUT2D eigenvalue weighted by atomic mass is 10.0. The molecule has 1 aliphatic heterocycles. The largest absolute Gasteiger partial charge is 0.496 e. The number of benzene rings is 2. The molecule has 3 aromatic rings. The van der Waals surface area contributed by atoms with E-state index in [1.807, 2.05) is 42.7 Å². The van der Waals surface area contributed by atoms with Gasteiger partial charge in [-0.05, 0) is 12.1 Å². The molecule has 1 aromatic heterocycles. The number of aromatic nitrogens is 2. The first kappa shape index (κ1) is 18.5. The van der Waals surface area contributed by atoms with Crippen LogP contribution in [0.15, 0.2) is 54.9 Å². The third kappa shape index (κ3) is 3.61. The van der Waals surface area contributed by atoms with Crippen molar-refractivity contribution in [2.45, 2.75) is 12.6 Å². The van der Waals surface area contributed by atoms with Gasteiger partial charge in [0.05, 0.1) is 70.0 Å². The molecule has 0 amide bonds. The first-order valence-corrected chi connectivity index (χ1v) is 9.33. The molecule has 1 fully saturated rings. The highest BCUT2D eigenvalue weighted by molar-refractivity contribution is 5.85. The summed E-state index contributed by atoms with van der Waals surface area (Å²) in [5, 5.41) is 0. The Kier molecular flexibility index (Phi) is 5.60. The van der Waals surface area contributed by atoms with Crippen LogP contribution in [0.3, 0.4) is 0 Å². The van der Waals surface area contributed by atoms with Crippen LogP contribution in [0.4, 0.5) is 0 Å². The van der Waals surface area contributed by atoms with Crippen molar-refractivity contribution >= 4 is 0 Å². The average molecular weight is 380 g/mol. The van der Waals surface area contributed by atoms with E-state index in [0.717, 1.165) is 34.0 Å². The highest BCUT2D eigenvalue weighted by atomic mass is 16.6. The smallest absolute Gasteiger partial charge is 0.132 e. The monoisotopic (exact) mass is 380 g/mol. The Morgan fingerprint density at radius 1 is 1.00 bits per heavy atom. The molecule has 0 N–H and O–H groups in total. The van der Waals surface area contributed by atoms with Crippen LogP contribution in [0.2, 0.25) is 0 Å². The van der Waals surface area contributed by atoms with Crippen molar-refractivity contribution in [3.63, 3.8) is 0 Å². The van der Waals surface area contributed by atoms with Crippen LogP contribution in [0.5, 0.6) is 11.5 Å². The Morgan fingerprint density at radius 3 is 2.39 bits per heavy atom. The fraction of sp³-hybridized carbons (Fsp3) is 0.318. The molecule has 0 radical (unpaired) electrons. The van der Waals surface area contributed by atoms with Gasteiger partial charge in [-0.1, -0.05) is 36.4 Å². The highest BCUT2D eigenvalue weighted by Gasteiger charge is 2.24. The molecular formula is C22H24N2O4. The summed E-state index contributed by atoms with van der Waals surface area (Å²) in [4.78, 5) is 4.73. The molecule has 0 bridgehead atoms. The fourth-order valence-electron chi connectivity index (χ4n) is 3.54. The van der Waals surface area contributed by atoms with Crippen molar-refractivity contribution in [3.8, 4) is 34.0 Å². The molecule has 146 valence electrons. The number of methoxy groups -OCH3 is 2. The van der Waals surface area contributed by atoms with Crippen molar-refractivity contribution in [1.82, 2.24) is 9.55 Å². The molecule has 2 aromatic carbocycles. The van der Waals surface area contributed by atoms with Crippen molar-refractivity contribution in [3.05, 3.63) is 54.9 Å². The van der Waals surface area contributed by atoms with Gasteiger partial charge in [-0.25, -0.2) is 4.98 Å². The number of nitrogens with zero attached hydrogens (tertiary/aromatic N) is 2. The summed E-state index contributed by atoms with van der Waals surface area (Å²) in [6.45, 7) is 2.46. The Labute approximate surface area is 164 Å². The Morgan fingerprint density at radius 2 is 1.75 bits per heavy atom. The maximum absolute atomic E-state index is 5.86. The zero-order valence-electron chi connectivity index (χ0n) is 16.1. The van der Waals surface area contributed by atoms with Crippen molar-refractivity contribution in [2.75, 3.05) is 34.0 Å². The second-order valence-electron chi connectivity index (χ2n) is 6.57. The van der Waals surface area contributed by atoms with Crippen molar-refractivity contribution in [1.29, 1.82) is 0 Å². The summed E-state index contributed by atoms with van der Waals surface area (Å²) in [6.07, 6.45) is 1.83. The standard InChI is InChI=1S/C22H24N2O4/c1-25-18-9-6-10-19(26-2)20(18)22-21(16-7-4-3-5-8-16)23-15-24(22)13-17-14-27-11-12-28-17/h3-10,15,17H,11-14H2,1-2H3. The molecule has 6 nitrogen and oxygen atoms in total. The lowest BCUT2D eigenvalue weighted by Gasteiger charge is -2.24. The van der Waals surface area contributed by atoms with Gasteiger partial charge < -0.3 is 23.5 Å². The van der Waals surface area contributed by atoms with Crippen LogP contribution in [0, 0.1) is 0 Å². The topological polar surface area (TPSA) is 54.7 Å². The van der Waals surface area contributed by atoms with E-state index in [4.69, 9.17) is 23.9 Å². The molecule has 4 rings (SSSR count). The summed E-state index contributed by atoms with van der Waals surface area (Å²) >= 11 is 0. The van der Waals surface area contributed by atoms with E-state index >= 15 is 0 Å². The lowest BCUT2D eigenvalue weighted by molar-refractivity contribution is -0.0934. The lowest BCUT2D eigenvalue weighted by Crippen LogP contribution is -2.32. The minimum absolute atomic E-state index is 0.0222. The SMILES string of the molecule is COc1cccc(OC)c1-c1c(-c2ccccc2)ncn1CC1COCCO1. The number of hydrogen-bond acceptors (Lipinski definition) is 5. The summed E-state index contributed by atoms with van der Waals surface area (Å²) in [6, 6.07) is 15.9. The molecule has 1 atom stereocenters. The molecule has 1 aliphatic rings. The van der Waals surface area contributed by atoms with Gasteiger partial charge in [0, 0.05) is 5.56 Å². The van der Waals surface area contributed by atoms with Crippen LogP contribution in [-0.2, 0) is 16.0 Å². The van der Waals surface area contributed by atoms with Crippen LogP contribution in [0.1, 0.15) is 0 Å². The van der Waals surface area contributed by atoms with Crippen LogP contribution in [-0.4, -0.2) is 49.7 Å². The third-order valence-electron chi connectivity index (χ3n) is 4.83. The molecule has 28 heavy (non-hydrogen) atoms. The van der Waals surface area contributed by atoms with Gasteiger partial charge in [0.1, 0.15) is 11.5 Å². The van der Waals surface area contributed by atoms with Crippen LogP contribution >= 0.6 is 0 Å². The molecule has 0 aliphatic carbocycles.